The molecule has 0 atom stereocenters. The van der Waals surface area contributed by atoms with Crippen LogP contribution < -0.4 is 0 Å². The zero-order valence-corrected chi connectivity index (χ0v) is 11.9. The predicted octanol–water partition coefficient (Wildman–Crippen LogP) is 4.47. The Balaban J connectivity index is 2.15. The molecule has 1 heterocycles. The highest BCUT2D eigenvalue weighted by molar-refractivity contribution is 7.13. The van der Waals surface area contributed by atoms with Crippen LogP contribution >= 0.6 is 22.9 Å². The highest BCUT2D eigenvalue weighted by Crippen LogP contribution is 2.26. The number of nitrogens with zero attached hydrogens (tertiary/aromatic N) is 1. The van der Waals surface area contributed by atoms with Crippen molar-refractivity contribution in [2.45, 2.75) is 18.9 Å². The Kier molecular flexibility index (Phi) is 5.39. The first kappa shape index (κ1) is 15.3. The molecule has 0 bridgehead atoms. The van der Waals surface area contributed by atoms with Crippen molar-refractivity contribution in [3.8, 4) is 10.6 Å². The quantitative estimate of drug-likeness (QED) is 0.732. The van der Waals surface area contributed by atoms with Crippen LogP contribution in [0.25, 0.3) is 10.6 Å². The van der Waals surface area contributed by atoms with Crippen LogP contribution in [0.1, 0.15) is 11.3 Å². The van der Waals surface area contributed by atoms with Crippen molar-refractivity contribution >= 4 is 22.9 Å². The van der Waals surface area contributed by atoms with Gasteiger partial charge in [0.25, 0.3) is 6.43 Å². The molecule has 0 N–H and O–H groups in total. The molecule has 0 radical (unpaired) electrons. The van der Waals surface area contributed by atoms with Gasteiger partial charge in [-0.15, -0.1) is 22.9 Å². The van der Waals surface area contributed by atoms with E-state index in [-0.39, 0.29) is 12.2 Å². The Morgan fingerprint density at radius 2 is 2.15 bits per heavy atom. The van der Waals surface area contributed by atoms with E-state index in [0.717, 1.165) is 5.69 Å². The SMILES string of the molecule is Fc1ccc(-c2nc(CCl)cs2)cc1COCC(F)F. The number of benzene rings is 1. The number of aromatic nitrogens is 1. The van der Waals surface area contributed by atoms with Gasteiger partial charge in [-0.2, -0.15) is 0 Å². The average Bonchev–Trinajstić information content (AvgIpc) is 2.89. The molecule has 108 valence electrons. The van der Waals surface area contributed by atoms with Crippen LogP contribution in [0.4, 0.5) is 13.2 Å². The molecule has 1 aromatic carbocycles. The Bertz CT molecular complexity index is 576. The second-order valence-corrected chi connectivity index (χ2v) is 5.12. The minimum absolute atomic E-state index is 0.197. The third-order valence-electron chi connectivity index (χ3n) is 2.48. The van der Waals surface area contributed by atoms with Crippen molar-refractivity contribution in [1.29, 1.82) is 0 Å². The van der Waals surface area contributed by atoms with Crippen LogP contribution in [0.2, 0.25) is 0 Å². The van der Waals surface area contributed by atoms with Gasteiger partial charge in [-0.05, 0) is 18.2 Å². The molecule has 2 nitrogen and oxygen atoms in total. The van der Waals surface area contributed by atoms with Crippen LogP contribution in [0.15, 0.2) is 23.6 Å². The molecular formula is C13H11ClF3NOS. The van der Waals surface area contributed by atoms with Crippen LogP contribution in [0, 0.1) is 5.82 Å². The van der Waals surface area contributed by atoms with E-state index in [0.29, 0.717) is 16.5 Å². The Morgan fingerprint density at radius 3 is 2.80 bits per heavy atom. The third-order valence-corrected chi connectivity index (χ3v) is 3.70. The number of thiazole rings is 1. The van der Waals surface area contributed by atoms with Crippen LogP contribution in [-0.4, -0.2) is 18.0 Å². The van der Waals surface area contributed by atoms with Crippen LogP contribution in [0.3, 0.4) is 0 Å². The highest BCUT2D eigenvalue weighted by atomic mass is 35.5. The summed E-state index contributed by atoms with van der Waals surface area (Å²) in [6.45, 7) is -0.908. The molecule has 7 heteroatoms. The number of hydrogen-bond acceptors (Lipinski definition) is 3. The summed E-state index contributed by atoms with van der Waals surface area (Å²) in [4.78, 5) is 4.28. The van der Waals surface area contributed by atoms with Crippen LogP contribution in [-0.2, 0) is 17.2 Å². The summed E-state index contributed by atoms with van der Waals surface area (Å²) in [6.07, 6.45) is -2.56. The molecule has 0 unspecified atom stereocenters. The maximum Gasteiger partial charge on any atom is 0.261 e. The van der Waals surface area contributed by atoms with Gasteiger partial charge in [0.1, 0.15) is 17.4 Å². The lowest BCUT2D eigenvalue weighted by Crippen LogP contribution is -2.05. The largest absolute Gasteiger partial charge is 0.371 e. The fourth-order valence-electron chi connectivity index (χ4n) is 1.58. The molecule has 0 spiro atoms. The van der Waals surface area contributed by atoms with E-state index in [4.69, 9.17) is 16.3 Å². The number of rotatable bonds is 6. The summed E-state index contributed by atoms with van der Waals surface area (Å²) < 4.78 is 42.3. The summed E-state index contributed by atoms with van der Waals surface area (Å²) in [6, 6.07) is 4.42. The molecule has 2 rings (SSSR count). The molecule has 0 aliphatic heterocycles. The van der Waals surface area contributed by atoms with E-state index in [9.17, 15) is 13.2 Å². The van der Waals surface area contributed by atoms with Gasteiger partial charge < -0.3 is 4.74 Å². The average molecular weight is 322 g/mol. The third kappa shape index (κ3) is 3.94. The zero-order valence-electron chi connectivity index (χ0n) is 10.3. The summed E-state index contributed by atoms with van der Waals surface area (Å²) in [5, 5.41) is 2.52. The summed E-state index contributed by atoms with van der Waals surface area (Å²) in [7, 11) is 0. The van der Waals surface area contributed by atoms with Gasteiger partial charge in [0, 0.05) is 16.5 Å². The number of halogens is 4. The number of alkyl halides is 3. The van der Waals surface area contributed by atoms with Crippen LogP contribution in [0.5, 0.6) is 0 Å². The van der Waals surface area contributed by atoms with E-state index < -0.39 is 18.8 Å². The Morgan fingerprint density at radius 1 is 1.35 bits per heavy atom. The summed E-state index contributed by atoms with van der Waals surface area (Å²) in [5.74, 6) is -0.181. The van der Waals surface area contributed by atoms with E-state index in [1.54, 1.807) is 12.1 Å². The molecule has 0 amide bonds. The Labute approximate surface area is 123 Å². The molecule has 0 aliphatic carbocycles. The van der Waals surface area contributed by atoms with Gasteiger partial charge in [0.05, 0.1) is 18.2 Å². The molecule has 0 saturated heterocycles. The van der Waals surface area contributed by atoms with Crippen molar-refractivity contribution in [2.75, 3.05) is 6.61 Å². The predicted molar refractivity (Wildman–Crippen MR) is 72.7 cm³/mol. The minimum Gasteiger partial charge on any atom is -0.371 e. The molecule has 2 aromatic rings. The fourth-order valence-corrected chi connectivity index (χ4v) is 2.62. The molecule has 0 aliphatic rings. The van der Waals surface area contributed by atoms with Gasteiger partial charge in [0.2, 0.25) is 0 Å². The Hall–Kier alpha value is -1.11. The number of ether oxygens (including phenoxy) is 1. The van der Waals surface area contributed by atoms with Crippen molar-refractivity contribution < 1.29 is 17.9 Å². The second-order valence-electron chi connectivity index (χ2n) is 3.99. The lowest BCUT2D eigenvalue weighted by atomic mass is 10.1. The normalized spacial score (nSPS) is 11.2. The van der Waals surface area contributed by atoms with Gasteiger partial charge >= 0.3 is 0 Å². The van der Waals surface area contributed by atoms with Crippen molar-refractivity contribution in [1.82, 2.24) is 4.98 Å². The topological polar surface area (TPSA) is 22.1 Å². The maximum atomic E-state index is 13.6. The van der Waals surface area contributed by atoms with E-state index >= 15 is 0 Å². The maximum absolute atomic E-state index is 13.6. The zero-order chi connectivity index (χ0) is 14.5. The molecular weight excluding hydrogens is 311 g/mol. The smallest absolute Gasteiger partial charge is 0.261 e. The van der Waals surface area contributed by atoms with Crippen molar-refractivity contribution in [3.05, 3.63) is 40.7 Å². The van der Waals surface area contributed by atoms with E-state index in [1.165, 1.54) is 17.4 Å². The molecule has 0 saturated carbocycles. The van der Waals surface area contributed by atoms with Crippen molar-refractivity contribution in [3.63, 3.8) is 0 Å². The molecule has 0 fully saturated rings. The monoisotopic (exact) mass is 321 g/mol. The fraction of sp³-hybridized carbons (Fsp3) is 0.308. The lowest BCUT2D eigenvalue weighted by Gasteiger charge is -2.06. The molecule has 1 aromatic heterocycles. The first-order valence-corrected chi connectivity index (χ1v) is 7.16. The molecule has 20 heavy (non-hydrogen) atoms. The van der Waals surface area contributed by atoms with E-state index in [2.05, 4.69) is 4.98 Å². The highest BCUT2D eigenvalue weighted by Gasteiger charge is 2.10. The first-order valence-electron chi connectivity index (χ1n) is 5.75. The van der Waals surface area contributed by atoms with E-state index in [1.807, 2.05) is 5.38 Å². The van der Waals surface area contributed by atoms with Gasteiger partial charge in [-0.3, -0.25) is 0 Å². The minimum atomic E-state index is -2.56. The summed E-state index contributed by atoms with van der Waals surface area (Å²) in [5.41, 5.74) is 1.68. The van der Waals surface area contributed by atoms with Gasteiger partial charge in [-0.25, -0.2) is 18.2 Å². The van der Waals surface area contributed by atoms with Gasteiger partial charge in [-0.1, -0.05) is 0 Å². The standard InChI is InChI=1S/C13H11ClF3NOS/c14-4-10-7-20-13(18-10)8-1-2-11(15)9(3-8)5-19-6-12(16)17/h1-3,7,12H,4-6H2. The lowest BCUT2D eigenvalue weighted by molar-refractivity contribution is 0.00903. The van der Waals surface area contributed by atoms with Crippen molar-refractivity contribution in [2.24, 2.45) is 0 Å². The van der Waals surface area contributed by atoms with Gasteiger partial charge in [0.15, 0.2) is 0 Å². The first-order chi connectivity index (χ1) is 9.60. The summed E-state index contributed by atoms with van der Waals surface area (Å²) >= 11 is 7.07. The second kappa shape index (κ2) is 7.06. The number of hydrogen-bond donors (Lipinski definition) is 0.